The Morgan fingerprint density at radius 1 is 1.07 bits per heavy atom. The van der Waals surface area contributed by atoms with Crippen LogP contribution in [0.25, 0.3) is 11.3 Å². The van der Waals surface area contributed by atoms with E-state index in [-0.39, 0.29) is 17.9 Å². The largest absolute Gasteiger partial charge is 0.496 e. The quantitative estimate of drug-likeness (QED) is 0.498. The predicted molar refractivity (Wildman–Crippen MR) is 103 cm³/mol. The highest BCUT2D eigenvalue weighted by Gasteiger charge is 2.25. The number of hydrogen-bond donors (Lipinski definition) is 1. The lowest BCUT2D eigenvalue weighted by Crippen LogP contribution is -2.09. The number of rotatable bonds is 7. The standard InChI is InChI=1S/C22H21NO4/c1-3-16-20(22(25)27-14-15-9-5-4-6-10-15)18(13-24)23-21(16)17-11-7-8-12-19(17)26-2/h4-13,23H,3,14H2,1-2H3. The SMILES string of the molecule is CCc1c(-c2ccccc2OC)[nH]c(C=O)c1C(=O)OCc1ccccc1. The molecule has 0 saturated carbocycles. The van der Waals surface area contributed by atoms with Crippen LogP contribution in [0.5, 0.6) is 5.75 Å². The first-order valence-electron chi connectivity index (χ1n) is 8.74. The van der Waals surface area contributed by atoms with Crippen molar-refractivity contribution in [2.24, 2.45) is 0 Å². The summed E-state index contributed by atoms with van der Waals surface area (Å²) in [5.74, 6) is 0.144. The van der Waals surface area contributed by atoms with E-state index in [2.05, 4.69) is 4.98 Å². The number of methoxy groups -OCH3 is 1. The molecule has 0 aliphatic carbocycles. The number of carbonyl (C=O) groups excluding carboxylic acids is 2. The normalized spacial score (nSPS) is 10.4. The van der Waals surface area contributed by atoms with Gasteiger partial charge in [0.1, 0.15) is 12.4 Å². The maximum absolute atomic E-state index is 12.7. The average Bonchev–Trinajstić information content (AvgIpc) is 3.11. The van der Waals surface area contributed by atoms with E-state index in [0.29, 0.717) is 24.2 Å². The fourth-order valence-corrected chi connectivity index (χ4v) is 3.11. The number of carbonyl (C=O) groups is 2. The summed E-state index contributed by atoms with van der Waals surface area (Å²) in [4.78, 5) is 27.4. The van der Waals surface area contributed by atoms with Crippen molar-refractivity contribution >= 4 is 12.3 Å². The zero-order valence-corrected chi connectivity index (χ0v) is 15.3. The molecule has 27 heavy (non-hydrogen) atoms. The minimum Gasteiger partial charge on any atom is -0.496 e. The van der Waals surface area contributed by atoms with Gasteiger partial charge in [0.25, 0.3) is 0 Å². The first kappa shape index (κ1) is 18.5. The third-order valence-electron chi connectivity index (χ3n) is 4.40. The second-order valence-electron chi connectivity index (χ2n) is 6.00. The first-order valence-corrected chi connectivity index (χ1v) is 8.74. The van der Waals surface area contributed by atoms with Gasteiger partial charge in [-0.05, 0) is 29.7 Å². The molecule has 5 heteroatoms. The minimum absolute atomic E-state index is 0.149. The maximum atomic E-state index is 12.7. The van der Waals surface area contributed by atoms with Crippen molar-refractivity contribution in [2.45, 2.75) is 20.0 Å². The number of aldehydes is 1. The molecule has 0 aliphatic rings. The Hall–Kier alpha value is -3.34. The highest BCUT2D eigenvalue weighted by Crippen LogP contribution is 2.34. The lowest BCUT2D eigenvalue weighted by Gasteiger charge is -2.10. The first-order chi connectivity index (χ1) is 13.2. The van der Waals surface area contributed by atoms with E-state index < -0.39 is 5.97 Å². The molecule has 138 valence electrons. The van der Waals surface area contributed by atoms with E-state index in [9.17, 15) is 9.59 Å². The van der Waals surface area contributed by atoms with Crippen LogP contribution in [0.15, 0.2) is 54.6 Å². The number of ether oxygens (including phenoxy) is 2. The molecule has 0 unspecified atom stereocenters. The van der Waals surface area contributed by atoms with E-state index in [0.717, 1.165) is 16.7 Å². The average molecular weight is 363 g/mol. The van der Waals surface area contributed by atoms with Crippen molar-refractivity contribution in [1.29, 1.82) is 0 Å². The minimum atomic E-state index is -0.518. The molecule has 0 atom stereocenters. The van der Waals surface area contributed by atoms with Crippen molar-refractivity contribution in [3.05, 3.63) is 77.0 Å². The molecule has 5 nitrogen and oxygen atoms in total. The van der Waals surface area contributed by atoms with E-state index in [1.54, 1.807) is 7.11 Å². The lowest BCUT2D eigenvalue weighted by molar-refractivity contribution is 0.0470. The summed E-state index contributed by atoms with van der Waals surface area (Å²) in [7, 11) is 1.59. The molecule has 1 N–H and O–H groups in total. The van der Waals surface area contributed by atoms with Gasteiger partial charge in [0.15, 0.2) is 6.29 Å². The van der Waals surface area contributed by atoms with Crippen molar-refractivity contribution < 1.29 is 19.1 Å². The summed E-state index contributed by atoms with van der Waals surface area (Å²) in [5, 5.41) is 0. The number of H-pyrrole nitrogens is 1. The summed E-state index contributed by atoms with van der Waals surface area (Å²) in [5.41, 5.74) is 3.61. The number of nitrogens with one attached hydrogen (secondary N) is 1. The Morgan fingerprint density at radius 2 is 1.78 bits per heavy atom. The number of esters is 1. The lowest BCUT2D eigenvalue weighted by atomic mass is 10.0. The summed E-state index contributed by atoms with van der Waals surface area (Å²) < 4.78 is 10.9. The molecular formula is C22H21NO4. The fourth-order valence-electron chi connectivity index (χ4n) is 3.11. The van der Waals surface area contributed by atoms with E-state index >= 15 is 0 Å². The molecular weight excluding hydrogens is 342 g/mol. The molecule has 0 spiro atoms. The molecule has 0 bridgehead atoms. The van der Waals surface area contributed by atoms with Crippen LogP contribution in [0.2, 0.25) is 0 Å². The highest BCUT2D eigenvalue weighted by atomic mass is 16.5. The zero-order chi connectivity index (χ0) is 19.2. The van der Waals surface area contributed by atoms with Gasteiger partial charge < -0.3 is 14.5 Å². The second kappa shape index (κ2) is 8.36. The molecule has 0 aliphatic heterocycles. The van der Waals surface area contributed by atoms with Gasteiger partial charge in [-0.1, -0.05) is 49.4 Å². The molecule has 2 aromatic carbocycles. The van der Waals surface area contributed by atoms with Gasteiger partial charge in [-0.15, -0.1) is 0 Å². The molecule has 0 radical (unpaired) electrons. The van der Waals surface area contributed by atoms with Gasteiger partial charge in [-0.2, -0.15) is 0 Å². The number of hydrogen-bond acceptors (Lipinski definition) is 4. The number of benzene rings is 2. The van der Waals surface area contributed by atoms with Crippen LogP contribution < -0.4 is 4.74 Å². The van der Waals surface area contributed by atoms with Crippen LogP contribution in [-0.4, -0.2) is 24.3 Å². The number of para-hydroxylation sites is 1. The van der Waals surface area contributed by atoms with Crippen LogP contribution >= 0.6 is 0 Å². The van der Waals surface area contributed by atoms with Gasteiger partial charge in [-0.3, -0.25) is 4.79 Å². The van der Waals surface area contributed by atoms with Gasteiger partial charge in [0.2, 0.25) is 0 Å². The van der Waals surface area contributed by atoms with Crippen LogP contribution in [0.3, 0.4) is 0 Å². The Bertz CT molecular complexity index is 944. The Kier molecular flexibility index (Phi) is 5.71. The van der Waals surface area contributed by atoms with Gasteiger partial charge in [0.05, 0.1) is 24.1 Å². The molecule has 1 aromatic heterocycles. The molecule has 0 amide bonds. The smallest absolute Gasteiger partial charge is 0.341 e. The number of aromatic nitrogens is 1. The van der Waals surface area contributed by atoms with Crippen LogP contribution in [-0.2, 0) is 17.8 Å². The molecule has 0 saturated heterocycles. The van der Waals surface area contributed by atoms with Crippen molar-refractivity contribution in [3.8, 4) is 17.0 Å². The summed E-state index contributed by atoms with van der Waals surface area (Å²) >= 11 is 0. The Balaban J connectivity index is 1.98. The highest BCUT2D eigenvalue weighted by molar-refractivity contribution is 6.01. The molecule has 1 heterocycles. The van der Waals surface area contributed by atoms with E-state index in [1.807, 2.05) is 61.5 Å². The topological polar surface area (TPSA) is 68.4 Å². The monoisotopic (exact) mass is 363 g/mol. The van der Waals surface area contributed by atoms with Gasteiger partial charge in [-0.25, -0.2) is 4.79 Å². The van der Waals surface area contributed by atoms with Crippen molar-refractivity contribution in [3.63, 3.8) is 0 Å². The van der Waals surface area contributed by atoms with Crippen LogP contribution in [0.4, 0.5) is 0 Å². The van der Waals surface area contributed by atoms with Crippen LogP contribution in [0, 0.1) is 0 Å². The van der Waals surface area contributed by atoms with Gasteiger partial charge in [0, 0.05) is 5.56 Å². The Labute approximate surface area is 157 Å². The summed E-state index contributed by atoms with van der Waals surface area (Å²) in [6, 6.07) is 16.9. The second-order valence-corrected chi connectivity index (χ2v) is 6.00. The molecule has 3 aromatic rings. The Morgan fingerprint density at radius 3 is 2.44 bits per heavy atom. The fraction of sp³-hybridized carbons (Fsp3) is 0.182. The van der Waals surface area contributed by atoms with Crippen LogP contribution in [0.1, 0.15) is 38.9 Å². The molecule has 3 rings (SSSR count). The molecule has 0 fully saturated rings. The van der Waals surface area contributed by atoms with Gasteiger partial charge >= 0.3 is 5.97 Å². The maximum Gasteiger partial charge on any atom is 0.341 e. The van der Waals surface area contributed by atoms with Crippen molar-refractivity contribution in [1.82, 2.24) is 4.98 Å². The summed E-state index contributed by atoms with van der Waals surface area (Å²) in [6.07, 6.45) is 1.21. The third kappa shape index (κ3) is 3.77. The summed E-state index contributed by atoms with van der Waals surface area (Å²) in [6.45, 7) is 2.08. The van der Waals surface area contributed by atoms with E-state index in [1.165, 1.54) is 0 Å². The van der Waals surface area contributed by atoms with E-state index in [4.69, 9.17) is 9.47 Å². The van der Waals surface area contributed by atoms with Crippen molar-refractivity contribution in [2.75, 3.05) is 7.11 Å². The zero-order valence-electron chi connectivity index (χ0n) is 15.3. The number of aromatic amines is 1. The predicted octanol–water partition coefficient (Wildman–Crippen LogP) is 4.42. The third-order valence-corrected chi connectivity index (χ3v) is 4.40.